The first kappa shape index (κ1) is 15.3. The first-order chi connectivity index (χ1) is 11.3. The van der Waals surface area contributed by atoms with Gasteiger partial charge < -0.3 is 14.5 Å². The van der Waals surface area contributed by atoms with Gasteiger partial charge in [-0.15, -0.1) is 11.3 Å². The van der Waals surface area contributed by atoms with E-state index in [0.717, 1.165) is 16.2 Å². The summed E-state index contributed by atoms with van der Waals surface area (Å²) in [7, 11) is 0. The first-order valence-corrected chi connectivity index (χ1v) is 8.13. The number of thiophene rings is 1. The molecule has 2 aromatic heterocycles. The molecule has 0 bridgehead atoms. The summed E-state index contributed by atoms with van der Waals surface area (Å²) in [4.78, 5) is 17.2. The van der Waals surface area contributed by atoms with Gasteiger partial charge in [0.2, 0.25) is 0 Å². The molecule has 0 spiro atoms. The van der Waals surface area contributed by atoms with Gasteiger partial charge in [0, 0.05) is 6.54 Å². The molecule has 5 nitrogen and oxygen atoms in total. The second kappa shape index (κ2) is 7.11. The normalized spacial score (nSPS) is 10.5. The van der Waals surface area contributed by atoms with Crippen molar-refractivity contribution in [1.29, 1.82) is 0 Å². The predicted octanol–water partition coefficient (Wildman–Crippen LogP) is 3.73. The van der Waals surface area contributed by atoms with Crippen molar-refractivity contribution in [2.24, 2.45) is 0 Å². The van der Waals surface area contributed by atoms with Crippen LogP contribution in [0, 0.1) is 0 Å². The number of rotatable bonds is 6. The standard InChI is InChI=1S/C17H16N2O3S/c1-2-21-13-7-5-12(6-8-13)10-18-17(20)15-16(22-11-19-15)14-4-3-9-23-14/h3-9,11H,2,10H2,1H3,(H,18,20). The largest absolute Gasteiger partial charge is 0.494 e. The maximum Gasteiger partial charge on any atom is 0.274 e. The summed E-state index contributed by atoms with van der Waals surface area (Å²) < 4.78 is 10.7. The Hall–Kier alpha value is -2.60. The van der Waals surface area contributed by atoms with Crippen molar-refractivity contribution in [2.45, 2.75) is 13.5 Å². The second-order valence-electron chi connectivity index (χ2n) is 4.77. The van der Waals surface area contributed by atoms with E-state index in [0.29, 0.717) is 24.6 Å². The van der Waals surface area contributed by atoms with Crippen LogP contribution in [0.25, 0.3) is 10.6 Å². The Morgan fingerprint density at radius 1 is 1.30 bits per heavy atom. The lowest BCUT2D eigenvalue weighted by Crippen LogP contribution is -2.23. The van der Waals surface area contributed by atoms with Gasteiger partial charge in [-0.2, -0.15) is 0 Å². The fraction of sp³-hybridized carbons (Fsp3) is 0.176. The number of amides is 1. The van der Waals surface area contributed by atoms with Gasteiger partial charge in [-0.25, -0.2) is 4.98 Å². The number of ether oxygens (including phenoxy) is 1. The molecule has 0 saturated heterocycles. The molecule has 0 radical (unpaired) electrons. The molecule has 0 aliphatic rings. The maximum atomic E-state index is 12.3. The Labute approximate surface area is 137 Å². The number of carbonyl (C=O) groups is 1. The van der Waals surface area contributed by atoms with Gasteiger partial charge in [0.25, 0.3) is 5.91 Å². The van der Waals surface area contributed by atoms with E-state index in [1.807, 2.05) is 48.7 Å². The van der Waals surface area contributed by atoms with Crippen molar-refractivity contribution in [3.8, 4) is 16.4 Å². The van der Waals surface area contributed by atoms with Crippen molar-refractivity contribution >= 4 is 17.2 Å². The van der Waals surface area contributed by atoms with Crippen molar-refractivity contribution in [3.63, 3.8) is 0 Å². The Balaban J connectivity index is 1.65. The van der Waals surface area contributed by atoms with Crippen LogP contribution in [-0.4, -0.2) is 17.5 Å². The number of oxazole rings is 1. The number of hydrogen-bond donors (Lipinski definition) is 1. The fourth-order valence-electron chi connectivity index (χ4n) is 2.13. The van der Waals surface area contributed by atoms with Crippen LogP contribution in [0.1, 0.15) is 23.0 Å². The second-order valence-corrected chi connectivity index (χ2v) is 5.71. The van der Waals surface area contributed by atoms with Crippen LogP contribution in [0.2, 0.25) is 0 Å². The van der Waals surface area contributed by atoms with Crippen LogP contribution in [-0.2, 0) is 6.54 Å². The maximum absolute atomic E-state index is 12.3. The molecule has 1 N–H and O–H groups in total. The van der Waals surface area contributed by atoms with E-state index in [4.69, 9.17) is 9.15 Å². The Morgan fingerprint density at radius 3 is 2.83 bits per heavy atom. The van der Waals surface area contributed by atoms with E-state index in [1.165, 1.54) is 17.7 Å². The molecular weight excluding hydrogens is 312 g/mol. The number of nitrogens with one attached hydrogen (secondary N) is 1. The van der Waals surface area contributed by atoms with Gasteiger partial charge >= 0.3 is 0 Å². The smallest absolute Gasteiger partial charge is 0.274 e. The number of carbonyl (C=O) groups excluding carboxylic acids is 1. The molecule has 3 rings (SSSR count). The molecule has 1 amide bonds. The lowest BCUT2D eigenvalue weighted by atomic mass is 10.2. The topological polar surface area (TPSA) is 64.4 Å². The highest BCUT2D eigenvalue weighted by atomic mass is 32.1. The monoisotopic (exact) mass is 328 g/mol. The fourth-order valence-corrected chi connectivity index (χ4v) is 2.84. The van der Waals surface area contributed by atoms with Crippen LogP contribution < -0.4 is 10.1 Å². The number of hydrogen-bond acceptors (Lipinski definition) is 5. The SMILES string of the molecule is CCOc1ccc(CNC(=O)c2ncoc2-c2cccs2)cc1. The van der Waals surface area contributed by atoms with Crippen LogP contribution in [0.15, 0.2) is 52.6 Å². The highest BCUT2D eigenvalue weighted by Gasteiger charge is 2.18. The summed E-state index contributed by atoms with van der Waals surface area (Å²) >= 11 is 1.51. The third kappa shape index (κ3) is 3.60. The minimum absolute atomic E-state index is 0.254. The lowest BCUT2D eigenvalue weighted by Gasteiger charge is -2.06. The zero-order chi connectivity index (χ0) is 16.1. The highest BCUT2D eigenvalue weighted by Crippen LogP contribution is 2.27. The molecule has 3 aromatic rings. The van der Waals surface area contributed by atoms with Gasteiger partial charge in [0.05, 0.1) is 11.5 Å². The molecule has 0 fully saturated rings. The van der Waals surface area contributed by atoms with E-state index in [9.17, 15) is 4.79 Å². The molecule has 118 valence electrons. The van der Waals surface area contributed by atoms with Gasteiger partial charge in [0.1, 0.15) is 5.75 Å². The Bertz CT molecular complexity index is 764. The van der Waals surface area contributed by atoms with E-state index in [2.05, 4.69) is 10.3 Å². The quantitative estimate of drug-likeness (QED) is 0.749. The molecule has 6 heteroatoms. The average Bonchev–Trinajstić information content (AvgIpc) is 3.25. The molecule has 1 aromatic carbocycles. The molecule has 0 atom stereocenters. The molecule has 0 unspecified atom stereocenters. The van der Waals surface area contributed by atoms with Crippen molar-refractivity contribution in [1.82, 2.24) is 10.3 Å². The van der Waals surface area contributed by atoms with Crippen molar-refractivity contribution < 1.29 is 13.9 Å². The van der Waals surface area contributed by atoms with Gasteiger partial charge in [-0.3, -0.25) is 4.79 Å². The lowest BCUT2D eigenvalue weighted by molar-refractivity contribution is 0.0947. The number of nitrogens with zero attached hydrogens (tertiary/aromatic N) is 1. The Morgan fingerprint density at radius 2 is 2.13 bits per heavy atom. The minimum atomic E-state index is -0.254. The minimum Gasteiger partial charge on any atom is -0.494 e. The van der Waals surface area contributed by atoms with Crippen LogP contribution in [0.3, 0.4) is 0 Å². The predicted molar refractivity (Wildman–Crippen MR) is 88.6 cm³/mol. The average molecular weight is 328 g/mol. The summed E-state index contributed by atoms with van der Waals surface area (Å²) in [6.45, 7) is 2.99. The van der Waals surface area contributed by atoms with E-state index in [-0.39, 0.29) is 5.91 Å². The van der Waals surface area contributed by atoms with Gasteiger partial charge in [0.15, 0.2) is 17.8 Å². The highest BCUT2D eigenvalue weighted by molar-refractivity contribution is 7.13. The zero-order valence-electron chi connectivity index (χ0n) is 12.6. The van der Waals surface area contributed by atoms with Gasteiger partial charge in [-0.05, 0) is 36.1 Å². The molecule has 23 heavy (non-hydrogen) atoms. The summed E-state index contributed by atoms with van der Waals surface area (Å²) in [6.07, 6.45) is 1.29. The molecule has 0 aliphatic carbocycles. The summed E-state index contributed by atoms with van der Waals surface area (Å²) in [6, 6.07) is 11.4. The van der Waals surface area contributed by atoms with Crippen LogP contribution >= 0.6 is 11.3 Å². The first-order valence-electron chi connectivity index (χ1n) is 7.25. The number of aromatic nitrogens is 1. The summed E-state index contributed by atoms with van der Waals surface area (Å²) in [5.74, 6) is 1.07. The van der Waals surface area contributed by atoms with E-state index >= 15 is 0 Å². The molecule has 0 aliphatic heterocycles. The Kier molecular flexibility index (Phi) is 4.73. The molecular formula is C17H16N2O3S. The molecule has 2 heterocycles. The third-order valence-corrected chi connectivity index (χ3v) is 4.08. The zero-order valence-corrected chi connectivity index (χ0v) is 13.4. The van der Waals surface area contributed by atoms with E-state index < -0.39 is 0 Å². The summed E-state index contributed by atoms with van der Waals surface area (Å²) in [5.41, 5.74) is 1.29. The van der Waals surface area contributed by atoms with Crippen LogP contribution in [0.4, 0.5) is 0 Å². The van der Waals surface area contributed by atoms with Crippen molar-refractivity contribution in [2.75, 3.05) is 6.61 Å². The third-order valence-electron chi connectivity index (χ3n) is 3.21. The van der Waals surface area contributed by atoms with Crippen molar-refractivity contribution in [3.05, 3.63) is 59.4 Å². The molecule has 0 saturated carbocycles. The number of benzene rings is 1. The van der Waals surface area contributed by atoms with Crippen LogP contribution in [0.5, 0.6) is 5.75 Å². The van der Waals surface area contributed by atoms with E-state index in [1.54, 1.807) is 0 Å². The summed E-state index contributed by atoms with van der Waals surface area (Å²) in [5, 5.41) is 4.79. The van der Waals surface area contributed by atoms with Gasteiger partial charge in [-0.1, -0.05) is 18.2 Å².